The number of esters is 1. The van der Waals surface area contributed by atoms with Gasteiger partial charge in [-0.3, -0.25) is 4.79 Å². The van der Waals surface area contributed by atoms with Crippen LogP contribution in [0.25, 0.3) is 0 Å². The molecular formula is C15H17N3O3S. The second-order valence-electron chi connectivity index (χ2n) is 4.57. The lowest BCUT2D eigenvalue weighted by Crippen LogP contribution is -2.43. The van der Waals surface area contributed by atoms with Gasteiger partial charge in [-0.05, 0) is 5.56 Å². The number of methoxy groups -OCH3 is 1. The minimum atomic E-state index is -0.761. The van der Waals surface area contributed by atoms with Crippen molar-refractivity contribution in [1.29, 1.82) is 0 Å². The third-order valence-electron chi connectivity index (χ3n) is 3.03. The first-order valence-electron chi connectivity index (χ1n) is 6.71. The molecule has 0 spiro atoms. The van der Waals surface area contributed by atoms with Crippen LogP contribution in [0.2, 0.25) is 0 Å². The van der Waals surface area contributed by atoms with Crippen LogP contribution in [0.4, 0.5) is 0 Å². The molecule has 6 nitrogen and oxygen atoms in total. The maximum atomic E-state index is 12.2. The fourth-order valence-electron chi connectivity index (χ4n) is 1.93. The molecule has 2 aromatic rings. The minimum absolute atomic E-state index is 0.257. The van der Waals surface area contributed by atoms with Crippen molar-refractivity contribution >= 4 is 23.2 Å². The normalized spacial score (nSPS) is 11.7. The Kier molecular flexibility index (Phi) is 5.62. The fraction of sp³-hybridized carbons (Fsp3) is 0.267. The zero-order chi connectivity index (χ0) is 15.9. The first kappa shape index (κ1) is 16.1. The van der Waals surface area contributed by atoms with Crippen LogP contribution < -0.4 is 11.1 Å². The number of nitrogens with two attached hydrogens (primary N) is 1. The maximum absolute atomic E-state index is 12.2. The second kappa shape index (κ2) is 7.67. The van der Waals surface area contributed by atoms with Crippen molar-refractivity contribution in [3.05, 3.63) is 52.0 Å². The molecule has 1 heterocycles. The maximum Gasteiger partial charge on any atom is 0.328 e. The molecule has 3 N–H and O–H groups in total. The topological polar surface area (TPSA) is 94.3 Å². The summed E-state index contributed by atoms with van der Waals surface area (Å²) in [5, 5.41) is 4.95. The van der Waals surface area contributed by atoms with Gasteiger partial charge in [0.2, 0.25) is 0 Å². The van der Waals surface area contributed by atoms with Crippen LogP contribution in [0.15, 0.2) is 35.7 Å². The molecule has 0 aliphatic heterocycles. The highest BCUT2D eigenvalue weighted by atomic mass is 32.1. The van der Waals surface area contributed by atoms with E-state index >= 15 is 0 Å². The van der Waals surface area contributed by atoms with Crippen LogP contribution in [0.5, 0.6) is 0 Å². The van der Waals surface area contributed by atoms with Gasteiger partial charge < -0.3 is 15.8 Å². The van der Waals surface area contributed by atoms with E-state index in [0.717, 1.165) is 5.56 Å². The van der Waals surface area contributed by atoms with Gasteiger partial charge in [-0.25, -0.2) is 9.78 Å². The standard InChI is InChI=1S/C15H17N3O3S/c1-21-15(20)11(7-10-5-3-2-4-6-10)18-14(19)12-9-22-13(8-16)17-12/h2-6,9,11H,7-8,16H2,1H3,(H,18,19). The number of hydrogen-bond acceptors (Lipinski definition) is 6. The van der Waals surface area contributed by atoms with Gasteiger partial charge in [0.05, 0.1) is 7.11 Å². The molecule has 116 valence electrons. The lowest BCUT2D eigenvalue weighted by molar-refractivity contribution is -0.142. The van der Waals surface area contributed by atoms with Gasteiger partial charge in [-0.15, -0.1) is 11.3 Å². The van der Waals surface area contributed by atoms with Gasteiger partial charge in [0.15, 0.2) is 0 Å². The predicted molar refractivity (Wildman–Crippen MR) is 83.4 cm³/mol. The molecule has 22 heavy (non-hydrogen) atoms. The van der Waals surface area contributed by atoms with E-state index in [1.165, 1.54) is 18.4 Å². The first-order valence-corrected chi connectivity index (χ1v) is 7.59. The van der Waals surface area contributed by atoms with Crippen LogP contribution in [-0.4, -0.2) is 30.0 Å². The van der Waals surface area contributed by atoms with Gasteiger partial charge in [0, 0.05) is 18.3 Å². The van der Waals surface area contributed by atoms with Crippen LogP contribution in [0, 0.1) is 0 Å². The summed E-state index contributed by atoms with van der Waals surface area (Å²) in [7, 11) is 1.29. The molecule has 1 aromatic heterocycles. The van der Waals surface area contributed by atoms with Crippen molar-refractivity contribution in [2.24, 2.45) is 5.73 Å². The highest BCUT2D eigenvalue weighted by Gasteiger charge is 2.23. The van der Waals surface area contributed by atoms with Crippen molar-refractivity contribution in [3.8, 4) is 0 Å². The Balaban J connectivity index is 2.09. The van der Waals surface area contributed by atoms with E-state index in [1.54, 1.807) is 5.38 Å². The summed E-state index contributed by atoms with van der Waals surface area (Å²) in [4.78, 5) is 28.2. The van der Waals surface area contributed by atoms with Gasteiger partial charge in [-0.2, -0.15) is 0 Å². The Hall–Kier alpha value is -2.25. The number of hydrogen-bond donors (Lipinski definition) is 2. The summed E-state index contributed by atoms with van der Waals surface area (Å²) >= 11 is 1.31. The summed E-state index contributed by atoms with van der Waals surface area (Å²) in [5.74, 6) is -0.909. The van der Waals surface area contributed by atoms with Gasteiger partial charge in [0.25, 0.3) is 5.91 Å². The Morgan fingerprint density at radius 2 is 2.09 bits per heavy atom. The van der Waals surface area contributed by atoms with E-state index < -0.39 is 17.9 Å². The zero-order valence-corrected chi connectivity index (χ0v) is 12.9. The van der Waals surface area contributed by atoms with Crippen molar-refractivity contribution < 1.29 is 14.3 Å². The zero-order valence-electron chi connectivity index (χ0n) is 12.1. The molecule has 0 aliphatic rings. The largest absolute Gasteiger partial charge is 0.467 e. The van der Waals surface area contributed by atoms with E-state index in [1.807, 2.05) is 30.3 Å². The summed E-state index contributed by atoms with van der Waals surface area (Å²) in [6.07, 6.45) is 0.354. The molecule has 1 atom stereocenters. The van der Waals surface area contributed by atoms with Crippen LogP contribution in [0.1, 0.15) is 21.1 Å². The summed E-state index contributed by atoms with van der Waals surface area (Å²) in [6, 6.07) is 8.65. The van der Waals surface area contributed by atoms with E-state index in [0.29, 0.717) is 11.4 Å². The highest BCUT2D eigenvalue weighted by molar-refractivity contribution is 7.09. The van der Waals surface area contributed by atoms with E-state index in [4.69, 9.17) is 10.5 Å². The lowest BCUT2D eigenvalue weighted by Gasteiger charge is -2.16. The Morgan fingerprint density at radius 3 is 2.68 bits per heavy atom. The van der Waals surface area contributed by atoms with E-state index in [9.17, 15) is 9.59 Å². The number of rotatable bonds is 6. The van der Waals surface area contributed by atoms with Gasteiger partial charge in [0.1, 0.15) is 16.7 Å². The fourth-order valence-corrected chi connectivity index (χ4v) is 2.58. The van der Waals surface area contributed by atoms with E-state index in [2.05, 4.69) is 10.3 Å². The number of amides is 1. The third kappa shape index (κ3) is 4.12. The van der Waals surface area contributed by atoms with Crippen molar-refractivity contribution in [3.63, 3.8) is 0 Å². The number of benzene rings is 1. The number of thiazole rings is 1. The molecule has 0 fully saturated rings. The molecule has 0 saturated carbocycles. The summed E-state index contributed by atoms with van der Waals surface area (Å²) in [5.41, 5.74) is 6.67. The van der Waals surface area contributed by atoms with Crippen molar-refractivity contribution in [2.75, 3.05) is 7.11 Å². The molecule has 0 radical (unpaired) electrons. The first-order chi connectivity index (χ1) is 10.6. The van der Waals surface area contributed by atoms with Crippen LogP contribution in [0.3, 0.4) is 0 Å². The summed E-state index contributed by atoms with van der Waals surface area (Å²) in [6.45, 7) is 0.280. The molecule has 0 aliphatic carbocycles. The number of carbonyl (C=O) groups is 2. The SMILES string of the molecule is COC(=O)C(Cc1ccccc1)NC(=O)c1csc(CN)n1. The summed E-state index contributed by atoms with van der Waals surface area (Å²) < 4.78 is 4.76. The highest BCUT2D eigenvalue weighted by Crippen LogP contribution is 2.10. The third-order valence-corrected chi connectivity index (χ3v) is 3.90. The van der Waals surface area contributed by atoms with Crippen LogP contribution >= 0.6 is 11.3 Å². The Morgan fingerprint density at radius 1 is 1.36 bits per heavy atom. The molecule has 0 saturated heterocycles. The lowest BCUT2D eigenvalue weighted by atomic mass is 10.1. The average molecular weight is 319 g/mol. The number of aromatic nitrogens is 1. The molecule has 7 heteroatoms. The van der Waals surface area contributed by atoms with Gasteiger partial charge >= 0.3 is 5.97 Å². The average Bonchev–Trinajstić information content (AvgIpc) is 3.03. The molecular weight excluding hydrogens is 302 g/mol. The quantitative estimate of drug-likeness (QED) is 0.778. The number of ether oxygens (including phenoxy) is 1. The smallest absolute Gasteiger partial charge is 0.328 e. The number of nitrogens with one attached hydrogen (secondary N) is 1. The molecule has 1 amide bonds. The second-order valence-corrected chi connectivity index (χ2v) is 5.51. The number of carbonyl (C=O) groups excluding carboxylic acids is 2. The molecule has 0 bridgehead atoms. The van der Waals surface area contributed by atoms with E-state index in [-0.39, 0.29) is 12.2 Å². The molecule has 1 aromatic carbocycles. The predicted octanol–water partition coefficient (Wildman–Crippen LogP) is 1.12. The molecule has 1 unspecified atom stereocenters. The Bertz CT molecular complexity index is 642. The minimum Gasteiger partial charge on any atom is -0.467 e. The van der Waals surface area contributed by atoms with Crippen LogP contribution in [-0.2, 0) is 22.5 Å². The Labute approximate surface area is 132 Å². The van der Waals surface area contributed by atoms with Crippen molar-refractivity contribution in [1.82, 2.24) is 10.3 Å². The number of nitrogens with zero attached hydrogens (tertiary/aromatic N) is 1. The van der Waals surface area contributed by atoms with Gasteiger partial charge in [-0.1, -0.05) is 30.3 Å². The van der Waals surface area contributed by atoms with Crippen molar-refractivity contribution in [2.45, 2.75) is 19.0 Å². The molecule has 2 rings (SSSR count). The monoisotopic (exact) mass is 319 g/mol.